The number of hydrogen-bond acceptors (Lipinski definition) is 3. The highest BCUT2D eigenvalue weighted by Crippen LogP contribution is 2.23. The van der Waals surface area contributed by atoms with E-state index >= 15 is 0 Å². The maximum Gasteiger partial charge on any atom is 0.219 e. The van der Waals surface area contributed by atoms with Crippen molar-refractivity contribution in [2.24, 2.45) is 5.92 Å². The van der Waals surface area contributed by atoms with Crippen LogP contribution in [0.5, 0.6) is 0 Å². The Morgan fingerprint density at radius 3 is 2.70 bits per heavy atom. The van der Waals surface area contributed by atoms with Crippen LogP contribution in [0.4, 0.5) is 4.39 Å². The highest BCUT2D eigenvalue weighted by molar-refractivity contribution is 5.73. The Kier molecular flexibility index (Phi) is 4.65. The number of carbonyl (C=O) groups excluding carboxylic acids is 1. The van der Waals surface area contributed by atoms with Gasteiger partial charge in [-0.3, -0.25) is 9.78 Å². The maximum atomic E-state index is 13.9. The molecule has 1 fully saturated rings. The monoisotopic (exact) mass is 313 g/mol. The number of carbonyl (C=O) groups is 1. The van der Waals surface area contributed by atoms with Crippen molar-refractivity contribution < 1.29 is 9.18 Å². The topological polar surface area (TPSA) is 46.1 Å². The molecule has 0 radical (unpaired) electrons. The fourth-order valence-electron chi connectivity index (χ4n) is 3.05. The second-order valence-electron chi connectivity index (χ2n) is 6.03. The molecule has 4 nitrogen and oxygen atoms in total. The summed E-state index contributed by atoms with van der Waals surface area (Å²) in [6.07, 6.45) is 6.12. The first-order valence-corrected chi connectivity index (χ1v) is 7.95. The summed E-state index contributed by atoms with van der Waals surface area (Å²) in [4.78, 5) is 22.0. The van der Waals surface area contributed by atoms with Crippen molar-refractivity contribution in [1.29, 1.82) is 0 Å². The van der Waals surface area contributed by atoms with Crippen molar-refractivity contribution in [1.82, 2.24) is 14.9 Å². The van der Waals surface area contributed by atoms with E-state index in [1.165, 1.54) is 6.07 Å². The average Bonchev–Trinajstić information content (AvgIpc) is 2.56. The number of halogens is 1. The number of benzene rings is 1. The molecule has 23 heavy (non-hydrogen) atoms. The molecular weight excluding hydrogens is 293 g/mol. The van der Waals surface area contributed by atoms with Crippen molar-refractivity contribution in [2.75, 3.05) is 13.1 Å². The zero-order valence-electron chi connectivity index (χ0n) is 13.2. The van der Waals surface area contributed by atoms with E-state index in [4.69, 9.17) is 0 Å². The molecule has 0 saturated carbocycles. The van der Waals surface area contributed by atoms with Crippen LogP contribution in [-0.4, -0.2) is 33.9 Å². The van der Waals surface area contributed by atoms with Gasteiger partial charge in [-0.05, 0) is 37.3 Å². The van der Waals surface area contributed by atoms with Crippen LogP contribution in [0.2, 0.25) is 0 Å². The molecule has 1 aliphatic rings. The van der Waals surface area contributed by atoms with Gasteiger partial charge in [0, 0.05) is 31.8 Å². The lowest BCUT2D eigenvalue weighted by Gasteiger charge is -2.31. The molecule has 0 atom stereocenters. The predicted octanol–water partition coefficient (Wildman–Crippen LogP) is 3.08. The minimum atomic E-state index is -0.284. The summed E-state index contributed by atoms with van der Waals surface area (Å²) < 4.78 is 13.9. The first-order chi connectivity index (χ1) is 11.1. The Balaban J connectivity index is 1.69. The summed E-state index contributed by atoms with van der Waals surface area (Å²) in [5.74, 6) is 0.356. The minimum absolute atomic E-state index is 0.143. The van der Waals surface area contributed by atoms with Crippen LogP contribution in [-0.2, 0) is 11.2 Å². The molecule has 3 rings (SSSR count). The van der Waals surface area contributed by atoms with Gasteiger partial charge in [0.2, 0.25) is 5.91 Å². The van der Waals surface area contributed by atoms with Crippen molar-refractivity contribution in [2.45, 2.75) is 26.2 Å². The lowest BCUT2D eigenvalue weighted by Crippen LogP contribution is -2.37. The average molecular weight is 313 g/mol. The van der Waals surface area contributed by atoms with Crippen molar-refractivity contribution in [3.63, 3.8) is 0 Å². The molecule has 1 aromatic carbocycles. The largest absolute Gasteiger partial charge is 0.343 e. The molecule has 120 valence electrons. The van der Waals surface area contributed by atoms with Crippen LogP contribution < -0.4 is 0 Å². The minimum Gasteiger partial charge on any atom is -0.343 e. The zero-order valence-corrected chi connectivity index (χ0v) is 13.2. The zero-order chi connectivity index (χ0) is 16.2. The molecular formula is C18H20FN3O. The Bertz CT molecular complexity index is 696. The number of aromatic nitrogens is 2. The number of rotatable bonds is 3. The number of hydrogen-bond donors (Lipinski definition) is 0. The summed E-state index contributed by atoms with van der Waals surface area (Å²) in [7, 11) is 0. The highest BCUT2D eigenvalue weighted by Gasteiger charge is 2.21. The lowest BCUT2D eigenvalue weighted by atomic mass is 9.92. The third-order valence-corrected chi connectivity index (χ3v) is 4.39. The Hall–Kier alpha value is -2.30. The van der Waals surface area contributed by atoms with Crippen LogP contribution in [0, 0.1) is 11.7 Å². The summed E-state index contributed by atoms with van der Waals surface area (Å²) in [6, 6.07) is 6.61. The van der Waals surface area contributed by atoms with Crippen molar-refractivity contribution in [3.05, 3.63) is 48.2 Å². The van der Waals surface area contributed by atoms with Gasteiger partial charge in [0.1, 0.15) is 5.82 Å². The molecule has 2 aromatic rings. The molecule has 0 N–H and O–H groups in total. The van der Waals surface area contributed by atoms with Gasteiger partial charge in [0.25, 0.3) is 0 Å². The van der Waals surface area contributed by atoms with Crippen LogP contribution in [0.25, 0.3) is 11.3 Å². The van der Waals surface area contributed by atoms with E-state index in [1.807, 2.05) is 4.90 Å². The molecule has 1 aromatic heterocycles. The number of nitrogens with zero attached hydrogens (tertiary/aromatic N) is 3. The summed E-state index contributed by atoms with van der Waals surface area (Å²) in [5.41, 5.74) is 1.93. The van der Waals surface area contributed by atoms with Gasteiger partial charge in [0.15, 0.2) is 0 Å². The van der Waals surface area contributed by atoms with Gasteiger partial charge in [0.05, 0.1) is 17.6 Å². The van der Waals surface area contributed by atoms with Crippen molar-refractivity contribution in [3.8, 4) is 11.3 Å². The standard InChI is InChI=1S/C18H20FN3O/c1-13(23)22-8-6-14(7-9-22)10-15-11-20-12-18(21-15)16-4-2-3-5-17(16)19/h2-5,11-12,14H,6-10H2,1H3. The molecule has 0 bridgehead atoms. The smallest absolute Gasteiger partial charge is 0.219 e. The van der Waals surface area contributed by atoms with E-state index in [0.29, 0.717) is 17.2 Å². The first kappa shape index (κ1) is 15.6. The van der Waals surface area contributed by atoms with Crippen LogP contribution >= 0.6 is 0 Å². The fraction of sp³-hybridized carbons (Fsp3) is 0.389. The third-order valence-electron chi connectivity index (χ3n) is 4.39. The third kappa shape index (κ3) is 3.73. The summed E-state index contributed by atoms with van der Waals surface area (Å²) in [6.45, 7) is 3.23. The second kappa shape index (κ2) is 6.86. The number of piperidine rings is 1. The van der Waals surface area contributed by atoms with Gasteiger partial charge < -0.3 is 4.90 Å². The highest BCUT2D eigenvalue weighted by atomic mass is 19.1. The van der Waals surface area contributed by atoms with E-state index in [9.17, 15) is 9.18 Å². The Morgan fingerprint density at radius 2 is 2.00 bits per heavy atom. The molecule has 1 saturated heterocycles. The molecule has 1 aliphatic heterocycles. The van der Waals surface area contributed by atoms with E-state index in [1.54, 1.807) is 37.5 Å². The SMILES string of the molecule is CC(=O)N1CCC(Cc2cncc(-c3ccccc3F)n2)CC1. The van der Waals surface area contributed by atoms with Gasteiger partial charge in [-0.15, -0.1) is 0 Å². The van der Waals surface area contributed by atoms with E-state index < -0.39 is 0 Å². The van der Waals surface area contributed by atoms with Gasteiger partial charge in [-0.25, -0.2) is 9.37 Å². The summed E-state index contributed by atoms with van der Waals surface area (Å²) in [5, 5.41) is 0. The van der Waals surface area contributed by atoms with Gasteiger partial charge >= 0.3 is 0 Å². The molecule has 1 amide bonds. The van der Waals surface area contributed by atoms with E-state index in [0.717, 1.165) is 38.0 Å². The van der Waals surface area contributed by atoms with Crippen LogP contribution in [0.1, 0.15) is 25.5 Å². The number of likely N-dealkylation sites (tertiary alicyclic amines) is 1. The van der Waals surface area contributed by atoms with Gasteiger partial charge in [-0.1, -0.05) is 12.1 Å². The first-order valence-electron chi connectivity index (χ1n) is 7.95. The Morgan fingerprint density at radius 1 is 1.26 bits per heavy atom. The van der Waals surface area contributed by atoms with Crippen LogP contribution in [0.3, 0.4) is 0 Å². The molecule has 0 aliphatic carbocycles. The van der Waals surface area contributed by atoms with Crippen molar-refractivity contribution >= 4 is 5.91 Å². The quantitative estimate of drug-likeness (QED) is 0.875. The second-order valence-corrected chi connectivity index (χ2v) is 6.03. The molecule has 0 unspecified atom stereocenters. The van der Waals surface area contributed by atoms with E-state index in [2.05, 4.69) is 9.97 Å². The molecule has 5 heteroatoms. The predicted molar refractivity (Wildman–Crippen MR) is 86.1 cm³/mol. The van der Waals surface area contributed by atoms with Crippen LogP contribution in [0.15, 0.2) is 36.7 Å². The normalized spacial score (nSPS) is 15.7. The maximum absolute atomic E-state index is 13.9. The lowest BCUT2D eigenvalue weighted by molar-refractivity contribution is -0.130. The number of amides is 1. The summed E-state index contributed by atoms with van der Waals surface area (Å²) >= 11 is 0. The van der Waals surface area contributed by atoms with Gasteiger partial charge in [-0.2, -0.15) is 0 Å². The molecule has 0 spiro atoms. The van der Waals surface area contributed by atoms with E-state index in [-0.39, 0.29) is 11.7 Å². The fourth-order valence-corrected chi connectivity index (χ4v) is 3.05. The Labute approximate surface area is 135 Å². The molecule has 2 heterocycles.